The molecule has 0 aliphatic carbocycles. The molecule has 0 saturated carbocycles. The van der Waals surface area contributed by atoms with Crippen molar-refractivity contribution in [1.29, 1.82) is 0 Å². The Bertz CT molecular complexity index is 531. The molecule has 3 rings (SSSR count). The lowest BCUT2D eigenvalue weighted by Gasteiger charge is -2.10. The molecule has 2 heteroatoms. The van der Waals surface area contributed by atoms with Crippen molar-refractivity contribution in [2.24, 2.45) is 0 Å². The lowest BCUT2D eigenvalue weighted by molar-refractivity contribution is 0.653. The second-order valence-electron chi connectivity index (χ2n) is 4.80. The third kappa shape index (κ3) is 2.03. The summed E-state index contributed by atoms with van der Waals surface area (Å²) in [6.07, 6.45) is 1.19. The van der Waals surface area contributed by atoms with Gasteiger partial charge in [0.2, 0.25) is 0 Å². The predicted octanol–water partition coefficient (Wildman–Crippen LogP) is 3.68. The van der Waals surface area contributed by atoms with Gasteiger partial charge in [-0.05, 0) is 43.0 Å². The summed E-state index contributed by atoms with van der Waals surface area (Å²) in [7, 11) is 0. The van der Waals surface area contributed by atoms with Gasteiger partial charge in [0.25, 0.3) is 0 Å². The molecule has 2 heterocycles. The maximum absolute atomic E-state index is 3.44. The highest BCUT2D eigenvalue weighted by molar-refractivity contribution is 7.15. The molecule has 88 valence electrons. The normalized spacial score (nSPS) is 14.7. The van der Waals surface area contributed by atoms with Crippen molar-refractivity contribution < 1.29 is 0 Å². The summed E-state index contributed by atoms with van der Waals surface area (Å²) in [5.41, 5.74) is 5.62. The van der Waals surface area contributed by atoms with E-state index >= 15 is 0 Å². The smallest absolute Gasteiger partial charge is 0.0351 e. The SMILES string of the molecule is Cc1ccc(C)c(-c2cc3c(s2)CCNC3)c1. The second kappa shape index (κ2) is 4.28. The molecule has 1 aliphatic rings. The van der Waals surface area contributed by atoms with Gasteiger partial charge in [-0.25, -0.2) is 0 Å². The number of fused-ring (bicyclic) bond motifs is 1. The van der Waals surface area contributed by atoms with Gasteiger partial charge in [-0.1, -0.05) is 23.8 Å². The van der Waals surface area contributed by atoms with Crippen molar-refractivity contribution in [2.45, 2.75) is 26.8 Å². The molecule has 2 aromatic rings. The number of thiophene rings is 1. The first-order valence-electron chi connectivity index (χ1n) is 6.14. The molecule has 1 aliphatic heterocycles. The molecule has 0 spiro atoms. The number of nitrogens with one attached hydrogen (secondary N) is 1. The lowest BCUT2D eigenvalue weighted by atomic mass is 10.0. The highest BCUT2D eigenvalue weighted by Crippen LogP contribution is 2.35. The van der Waals surface area contributed by atoms with E-state index in [1.54, 1.807) is 4.88 Å². The first kappa shape index (κ1) is 11.0. The van der Waals surface area contributed by atoms with E-state index in [4.69, 9.17) is 0 Å². The number of benzene rings is 1. The third-order valence-corrected chi connectivity index (χ3v) is 4.67. The van der Waals surface area contributed by atoms with Crippen LogP contribution in [0.4, 0.5) is 0 Å². The van der Waals surface area contributed by atoms with Crippen LogP contribution in [-0.2, 0) is 13.0 Å². The van der Waals surface area contributed by atoms with Gasteiger partial charge in [0.15, 0.2) is 0 Å². The number of hydrogen-bond acceptors (Lipinski definition) is 2. The van der Waals surface area contributed by atoms with E-state index in [2.05, 4.69) is 43.4 Å². The molecule has 0 amide bonds. The molecule has 1 N–H and O–H groups in total. The maximum atomic E-state index is 3.44. The van der Waals surface area contributed by atoms with Crippen LogP contribution in [0.1, 0.15) is 21.6 Å². The fraction of sp³-hybridized carbons (Fsp3) is 0.333. The van der Waals surface area contributed by atoms with Crippen LogP contribution < -0.4 is 5.32 Å². The van der Waals surface area contributed by atoms with E-state index < -0.39 is 0 Å². The Hall–Kier alpha value is -1.12. The zero-order valence-corrected chi connectivity index (χ0v) is 11.2. The summed E-state index contributed by atoms with van der Waals surface area (Å²) in [5, 5.41) is 3.44. The molecule has 0 atom stereocenters. The average molecular weight is 243 g/mol. The second-order valence-corrected chi connectivity index (χ2v) is 5.94. The van der Waals surface area contributed by atoms with Crippen LogP contribution in [0.3, 0.4) is 0 Å². The Kier molecular flexibility index (Phi) is 2.77. The van der Waals surface area contributed by atoms with Crippen molar-refractivity contribution in [3.05, 3.63) is 45.8 Å². The van der Waals surface area contributed by atoms with Gasteiger partial charge in [-0.2, -0.15) is 0 Å². The lowest BCUT2D eigenvalue weighted by Crippen LogP contribution is -2.21. The van der Waals surface area contributed by atoms with E-state index in [0.29, 0.717) is 0 Å². The van der Waals surface area contributed by atoms with Gasteiger partial charge in [-0.15, -0.1) is 11.3 Å². The molecule has 1 nitrogen and oxygen atoms in total. The Labute approximate surface area is 106 Å². The van der Waals surface area contributed by atoms with Gasteiger partial charge in [0, 0.05) is 22.8 Å². The van der Waals surface area contributed by atoms with E-state index in [0.717, 1.165) is 13.1 Å². The highest BCUT2D eigenvalue weighted by Gasteiger charge is 2.14. The zero-order valence-electron chi connectivity index (χ0n) is 10.3. The summed E-state index contributed by atoms with van der Waals surface area (Å²) in [6.45, 7) is 6.53. The summed E-state index contributed by atoms with van der Waals surface area (Å²) < 4.78 is 0. The van der Waals surface area contributed by atoms with E-state index in [-0.39, 0.29) is 0 Å². The molecule has 0 saturated heterocycles. The average Bonchev–Trinajstić information content (AvgIpc) is 2.75. The molecule has 1 aromatic heterocycles. The Balaban J connectivity index is 2.08. The van der Waals surface area contributed by atoms with Gasteiger partial charge < -0.3 is 5.32 Å². The first-order chi connectivity index (χ1) is 8.24. The molecule has 0 radical (unpaired) electrons. The van der Waals surface area contributed by atoms with Crippen LogP contribution in [0, 0.1) is 13.8 Å². The van der Waals surface area contributed by atoms with Crippen LogP contribution in [0.2, 0.25) is 0 Å². The Morgan fingerprint density at radius 1 is 1.18 bits per heavy atom. The number of rotatable bonds is 1. The van der Waals surface area contributed by atoms with Crippen LogP contribution in [0.5, 0.6) is 0 Å². The van der Waals surface area contributed by atoms with Crippen LogP contribution in [0.15, 0.2) is 24.3 Å². The van der Waals surface area contributed by atoms with Crippen molar-refractivity contribution in [2.75, 3.05) is 6.54 Å². The fourth-order valence-electron chi connectivity index (χ4n) is 2.39. The van der Waals surface area contributed by atoms with Gasteiger partial charge in [-0.3, -0.25) is 0 Å². The Morgan fingerprint density at radius 2 is 2.06 bits per heavy atom. The zero-order chi connectivity index (χ0) is 11.8. The number of hydrogen-bond donors (Lipinski definition) is 1. The molecule has 0 unspecified atom stereocenters. The standard InChI is InChI=1S/C15H17NS/c1-10-3-4-11(2)13(7-10)15-8-12-9-16-6-5-14(12)17-15/h3-4,7-8,16H,5-6,9H2,1-2H3. The summed E-state index contributed by atoms with van der Waals surface area (Å²) in [5.74, 6) is 0. The fourth-order valence-corrected chi connectivity index (χ4v) is 3.65. The summed E-state index contributed by atoms with van der Waals surface area (Å²) in [6, 6.07) is 9.09. The quantitative estimate of drug-likeness (QED) is 0.805. The monoisotopic (exact) mass is 243 g/mol. The minimum atomic E-state index is 1.04. The van der Waals surface area contributed by atoms with Gasteiger partial charge in [0.05, 0.1) is 0 Å². The van der Waals surface area contributed by atoms with E-state index in [1.165, 1.54) is 33.6 Å². The van der Waals surface area contributed by atoms with Crippen molar-refractivity contribution in [3.63, 3.8) is 0 Å². The predicted molar refractivity (Wildman–Crippen MR) is 74.6 cm³/mol. The van der Waals surface area contributed by atoms with Gasteiger partial charge >= 0.3 is 0 Å². The summed E-state index contributed by atoms with van der Waals surface area (Å²) >= 11 is 1.97. The molecule has 17 heavy (non-hydrogen) atoms. The number of aryl methyl sites for hydroxylation is 2. The molecule has 1 aromatic carbocycles. The first-order valence-corrected chi connectivity index (χ1v) is 6.95. The Morgan fingerprint density at radius 3 is 2.88 bits per heavy atom. The van der Waals surface area contributed by atoms with Crippen LogP contribution in [-0.4, -0.2) is 6.54 Å². The molecule has 0 bridgehead atoms. The maximum Gasteiger partial charge on any atom is 0.0351 e. The van der Waals surface area contributed by atoms with Crippen LogP contribution >= 0.6 is 11.3 Å². The van der Waals surface area contributed by atoms with E-state index in [9.17, 15) is 0 Å². The van der Waals surface area contributed by atoms with Crippen LogP contribution in [0.25, 0.3) is 10.4 Å². The highest BCUT2D eigenvalue weighted by atomic mass is 32.1. The van der Waals surface area contributed by atoms with Crippen molar-refractivity contribution in [3.8, 4) is 10.4 Å². The van der Waals surface area contributed by atoms with Gasteiger partial charge in [0.1, 0.15) is 0 Å². The summed E-state index contributed by atoms with van der Waals surface area (Å²) in [4.78, 5) is 3.00. The molecular weight excluding hydrogens is 226 g/mol. The van der Waals surface area contributed by atoms with Crippen molar-refractivity contribution >= 4 is 11.3 Å². The van der Waals surface area contributed by atoms with E-state index in [1.807, 2.05) is 11.3 Å². The largest absolute Gasteiger partial charge is 0.312 e. The van der Waals surface area contributed by atoms with Crippen molar-refractivity contribution in [1.82, 2.24) is 5.32 Å². The minimum absolute atomic E-state index is 1.04. The minimum Gasteiger partial charge on any atom is -0.312 e. The molecular formula is C15H17NS. The molecule has 0 fully saturated rings. The third-order valence-electron chi connectivity index (χ3n) is 3.40. The topological polar surface area (TPSA) is 12.0 Å².